The zero-order valence-corrected chi connectivity index (χ0v) is 31.4. The van der Waals surface area contributed by atoms with Gasteiger partial charge in [-0.25, -0.2) is 0 Å². The molecule has 2 fully saturated rings. The van der Waals surface area contributed by atoms with Crippen LogP contribution in [-0.2, 0) is 31.9 Å². The Morgan fingerprint density at radius 3 is 1.51 bits per heavy atom. The molecule has 9 heteroatoms. The lowest BCUT2D eigenvalue weighted by molar-refractivity contribution is -0.152. The lowest BCUT2D eigenvalue weighted by Crippen LogP contribution is -2.54. The Bertz CT molecular complexity index is 1900. The summed E-state index contributed by atoms with van der Waals surface area (Å²) in [5.41, 5.74) is 10.0. The summed E-state index contributed by atoms with van der Waals surface area (Å²) in [7, 11) is 7.37. The minimum Gasteiger partial charge on any atom is -0.469 e. The third kappa shape index (κ3) is 5.67. The van der Waals surface area contributed by atoms with E-state index in [2.05, 4.69) is 108 Å². The average molecular weight is 707 g/mol. The van der Waals surface area contributed by atoms with Crippen molar-refractivity contribution >= 4 is 45.5 Å². The van der Waals surface area contributed by atoms with Gasteiger partial charge in [-0.15, -0.1) is 11.8 Å². The van der Waals surface area contributed by atoms with Crippen molar-refractivity contribution in [3.05, 3.63) is 94.3 Å². The molecule has 4 bridgehead atoms. The molecule has 2 aromatic carbocycles. The summed E-state index contributed by atoms with van der Waals surface area (Å²) in [6, 6.07) is 17.3. The monoisotopic (exact) mass is 706 g/mol. The topological polar surface area (TPSA) is 90.7 Å². The first kappa shape index (κ1) is 34.3. The predicted molar refractivity (Wildman–Crippen MR) is 205 cm³/mol. The maximum atomic E-state index is 13.8. The highest BCUT2D eigenvalue weighted by atomic mass is 32.2. The number of fused-ring (bicyclic) bond motifs is 10. The van der Waals surface area contributed by atoms with Crippen molar-refractivity contribution in [2.75, 3.05) is 41.4 Å². The van der Waals surface area contributed by atoms with Crippen molar-refractivity contribution in [3.8, 4) is 0 Å². The quantitative estimate of drug-likeness (QED) is 0.169. The number of hydrogen-bond donors (Lipinski definition) is 2. The largest absolute Gasteiger partial charge is 0.469 e. The summed E-state index contributed by atoms with van der Waals surface area (Å²) < 4.78 is 11.1. The first-order valence-corrected chi connectivity index (χ1v) is 19.4. The molecule has 2 unspecified atom stereocenters. The fourth-order valence-electron chi connectivity index (χ4n) is 10.3. The third-order valence-corrected chi connectivity index (χ3v) is 14.3. The number of aromatic nitrogens is 2. The molecule has 8 rings (SSSR count). The SMILES string of the molecule is C/C=C1/CN(C)[C@H]2Cc3c([nH]c4ccccc34)[C@H](S[C@H]3C[C@H]4/C(=C\C)CN(C)[C@@H](Cc5c3[nH]c3ccccc53)C4C(=O)OC)C[C@H]1C2C(=O)OC. The van der Waals surface area contributed by atoms with E-state index >= 15 is 0 Å². The number of allylic oxidation sites excluding steroid dienone is 2. The van der Waals surface area contributed by atoms with E-state index in [1.165, 1.54) is 58.7 Å². The van der Waals surface area contributed by atoms with E-state index < -0.39 is 0 Å². The molecule has 0 saturated carbocycles. The molecule has 0 radical (unpaired) electrons. The van der Waals surface area contributed by atoms with Crippen LogP contribution in [0.5, 0.6) is 0 Å². The molecule has 2 saturated heterocycles. The number of para-hydroxylation sites is 2. The molecule has 8 atom stereocenters. The van der Waals surface area contributed by atoms with Gasteiger partial charge in [-0.05, 0) is 88.7 Å². The summed E-state index contributed by atoms with van der Waals surface area (Å²) in [6.45, 7) is 5.90. The van der Waals surface area contributed by atoms with Crippen LogP contribution in [0.4, 0.5) is 0 Å². The van der Waals surface area contributed by atoms with Gasteiger partial charge in [0.25, 0.3) is 0 Å². The Kier molecular flexibility index (Phi) is 9.18. The van der Waals surface area contributed by atoms with Crippen LogP contribution in [0, 0.1) is 23.7 Å². The molecule has 4 aromatic rings. The van der Waals surface area contributed by atoms with Crippen molar-refractivity contribution in [1.82, 2.24) is 19.8 Å². The van der Waals surface area contributed by atoms with Crippen LogP contribution in [0.25, 0.3) is 21.8 Å². The van der Waals surface area contributed by atoms with E-state index in [1.54, 1.807) is 0 Å². The standard InChI is InChI=1S/C42H50N4O4S/c1-7-23-21-45(3)33-17-29-25-13-9-11-15-31(25)43-39(29)35(19-27(23)37(33)41(47)49-5)51-36-20-28-24(8-2)22-46(4)34(38(28)42(48)50-6)18-30-26-14-10-12-16-32(26)44-40(30)36/h7-16,27-28,33-38,43-44H,17-22H2,1-6H3/b23-7-,24-8-/t27-,28+,33-,34-,35-,36+,37?,38?/m0/s1. The fraction of sp³-hybridized carbons (Fsp3) is 0.476. The minimum atomic E-state index is -0.265. The molecule has 2 aliphatic heterocycles. The zero-order chi connectivity index (χ0) is 35.6. The van der Waals surface area contributed by atoms with Crippen molar-refractivity contribution < 1.29 is 19.1 Å². The highest BCUT2D eigenvalue weighted by molar-refractivity contribution is 7.99. The average Bonchev–Trinajstić information content (AvgIpc) is 3.69. The van der Waals surface area contributed by atoms with Crippen LogP contribution in [0.1, 0.15) is 59.7 Å². The Labute approximate surface area is 305 Å². The third-order valence-electron chi connectivity index (χ3n) is 12.8. The van der Waals surface area contributed by atoms with Crippen LogP contribution in [-0.4, -0.2) is 85.2 Å². The summed E-state index contributed by atoms with van der Waals surface area (Å²) in [4.78, 5) is 40.2. The number of nitrogens with zero attached hydrogens (tertiary/aromatic N) is 2. The van der Waals surface area contributed by atoms with Gasteiger partial charge in [-0.3, -0.25) is 19.4 Å². The van der Waals surface area contributed by atoms with Crippen LogP contribution in [0.15, 0.2) is 71.8 Å². The Morgan fingerprint density at radius 1 is 0.706 bits per heavy atom. The van der Waals surface area contributed by atoms with Crippen molar-refractivity contribution in [1.29, 1.82) is 0 Å². The van der Waals surface area contributed by atoms with Crippen LogP contribution < -0.4 is 0 Å². The number of piperidine rings is 2. The lowest BCUT2D eigenvalue weighted by atomic mass is 9.70. The lowest BCUT2D eigenvalue weighted by Gasteiger charge is -2.48. The van der Waals surface area contributed by atoms with Gasteiger partial charge in [-0.1, -0.05) is 59.7 Å². The zero-order valence-electron chi connectivity index (χ0n) is 30.6. The van der Waals surface area contributed by atoms with Crippen LogP contribution >= 0.6 is 11.8 Å². The number of aromatic amines is 2. The highest BCUT2D eigenvalue weighted by Gasteiger charge is 2.50. The van der Waals surface area contributed by atoms with Gasteiger partial charge in [0.05, 0.1) is 26.1 Å². The van der Waals surface area contributed by atoms with E-state index in [9.17, 15) is 9.59 Å². The molecule has 2 aliphatic carbocycles. The Hall–Kier alpha value is -3.79. The van der Waals surface area contributed by atoms with Gasteiger partial charge in [0.2, 0.25) is 0 Å². The maximum Gasteiger partial charge on any atom is 0.310 e. The van der Waals surface area contributed by atoms with E-state index in [1.807, 2.05) is 11.8 Å². The van der Waals surface area contributed by atoms with Gasteiger partial charge < -0.3 is 19.4 Å². The van der Waals surface area contributed by atoms with Crippen molar-refractivity contribution in [2.24, 2.45) is 23.7 Å². The van der Waals surface area contributed by atoms with Gasteiger partial charge in [0.1, 0.15) is 0 Å². The number of ether oxygens (including phenoxy) is 2. The number of rotatable bonds is 4. The number of esters is 2. The summed E-state index contributed by atoms with van der Waals surface area (Å²) in [5, 5.41) is 2.60. The van der Waals surface area contributed by atoms with E-state index in [0.717, 1.165) is 49.8 Å². The van der Waals surface area contributed by atoms with E-state index in [0.29, 0.717) is 0 Å². The van der Waals surface area contributed by atoms with E-state index in [-0.39, 0.29) is 58.2 Å². The van der Waals surface area contributed by atoms with Gasteiger partial charge in [0, 0.05) is 68.9 Å². The normalized spacial score (nSPS) is 31.4. The second-order valence-corrected chi connectivity index (χ2v) is 16.5. The smallest absolute Gasteiger partial charge is 0.310 e. The molecule has 51 heavy (non-hydrogen) atoms. The molecule has 4 aliphatic rings. The van der Waals surface area contributed by atoms with Gasteiger partial charge in [0.15, 0.2) is 0 Å². The number of H-pyrrole nitrogens is 2. The summed E-state index contributed by atoms with van der Waals surface area (Å²) >= 11 is 2.01. The number of nitrogens with one attached hydrogen (secondary N) is 2. The number of likely N-dealkylation sites (tertiary alicyclic amines) is 2. The van der Waals surface area contributed by atoms with Crippen molar-refractivity contribution in [2.45, 2.75) is 62.1 Å². The van der Waals surface area contributed by atoms with Crippen LogP contribution in [0.3, 0.4) is 0 Å². The second kappa shape index (κ2) is 13.6. The summed E-state index contributed by atoms with van der Waals surface area (Å²) in [5.74, 6) is -0.667. The number of benzene rings is 2. The fourth-order valence-corrected chi connectivity index (χ4v) is 12.0. The first-order valence-electron chi connectivity index (χ1n) is 18.5. The first-order chi connectivity index (χ1) is 24.8. The molecule has 268 valence electrons. The minimum absolute atomic E-state index is 0.0333. The van der Waals surface area contributed by atoms with Gasteiger partial charge in [-0.2, -0.15) is 0 Å². The van der Waals surface area contributed by atoms with Crippen LogP contribution in [0.2, 0.25) is 0 Å². The molecule has 0 spiro atoms. The summed E-state index contributed by atoms with van der Waals surface area (Å²) in [6.07, 6.45) is 7.62. The number of likely N-dealkylation sites (N-methyl/N-ethyl adjacent to an activating group) is 2. The highest BCUT2D eigenvalue weighted by Crippen LogP contribution is 2.56. The maximum absolute atomic E-state index is 13.8. The molecule has 4 heterocycles. The molecule has 8 nitrogen and oxygen atoms in total. The number of carbonyl (C=O) groups is 2. The number of hydrogen-bond acceptors (Lipinski definition) is 7. The second-order valence-electron chi connectivity index (χ2n) is 15.1. The number of carbonyl (C=O) groups excluding carboxylic acids is 2. The molecule has 0 amide bonds. The Balaban J connectivity index is 1.31. The number of thioether (sulfide) groups is 1. The van der Waals surface area contributed by atoms with Crippen molar-refractivity contribution in [3.63, 3.8) is 0 Å². The molecular weight excluding hydrogens is 657 g/mol. The molecule has 2 aromatic heterocycles. The molecule has 2 N–H and O–H groups in total. The number of methoxy groups -OCH3 is 2. The molecular formula is C42H50N4O4S. The van der Waals surface area contributed by atoms with Gasteiger partial charge >= 0.3 is 11.9 Å². The Morgan fingerprint density at radius 2 is 1.12 bits per heavy atom. The predicted octanol–water partition coefficient (Wildman–Crippen LogP) is 7.39. The van der Waals surface area contributed by atoms with E-state index in [4.69, 9.17) is 9.47 Å².